The molecule has 0 aliphatic carbocycles. The van der Waals surface area contributed by atoms with Crippen molar-refractivity contribution in [2.24, 2.45) is 0 Å². The zero-order valence-electron chi connectivity index (χ0n) is 12.4. The van der Waals surface area contributed by atoms with Gasteiger partial charge >= 0.3 is 0 Å². The molecule has 19 heavy (non-hydrogen) atoms. The average Bonchev–Trinajstić information content (AvgIpc) is 2.63. The number of hydrogen-bond donors (Lipinski definition) is 1. The lowest BCUT2D eigenvalue weighted by molar-refractivity contribution is 0.568. The third kappa shape index (κ3) is 3.16. The highest BCUT2D eigenvalue weighted by Gasteiger charge is 2.22. The maximum absolute atomic E-state index is 5.90. The molecular formula is C16H22N2S. The Kier molecular flexibility index (Phi) is 3.68. The minimum atomic E-state index is 0.0437. The SMILES string of the molecule is Cc1ccc(Cc2sc(N)nc2C(C)(C)C)c(C)c1. The Hall–Kier alpha value is -1.35. The predicted octanol–water partition coefficient (Wildman–Crippen LogP) is 4.23. The van der Waals surface area contributed by atoms with E-state index in [0.29, 0.717) is 5.13 Å². The monoisotopic (exact) mass is 274 g/mol. The highest BCUT2D eigenvalue weighted by atomic mass is 32.1. The van der Waals surface area contributed by atoms with Gasteiger partial charge in [0, 0.05) is 16.7 Å². The molecule has 0 radical (unpaired) electrons. The van der Waals surface area contributed by atoms with Gasteiger partial charge in [0.05, 0.1) is 5.69 Å². The molecule has 0 unspecified atom stereocenters. The van der Waals surface area contributed by atoms with E-state index in [1.54, 1.807) is 11.3 Å². The Morgan fingerprint density at radius 2 is 1.89 bits per heavy atom. The van der Waals surface area contributed by atoms with Crippen molar-refractivity contribution in [1.29, 1.82) is 0 Å². The molecule has 2 aromatic rings. The Labute approximate surface area is 119 Å². The van der Waals surface area contributed by atoms with E-state index < -0.39 is 0 Å². The molecule has 2 nitrogen and oxygen atoms in total. The molecule has 0 spiro atoms. The molecule has 1 heterocycles. The lowest BCUT2D eigenvalue weighted by atomic mass is 9.89. The van der Waals surface area contributed by atoms with E-state index in [1.807, 2.05) is 0 Å². The van der Waals surface area contributed by atoms with E-state index in [0.717, 1.165) is 12.1 Å². The lowest BCUT2D eigenvalue weighted by Gasteiger charge is -2.18. The molecule has 2 rings (SSSR count). The zero-order chi connectivity index (χ0) is 14.2. The minimum Gasteiger partial charge on any atom is -0.375 e. The average molecular weight is 274 g/mol. The van der Waals surface area contributed by atoms with E-state index in [-0.39, 0.29) is 5.41 Å². The normalized spacial score (nSPS) is 11.8. The highest BCUT2D eigenvalue weighted by Crippen LogP contribution is 2.32. The summed E-state index contributed by atoms with van der Waals surface area (Å²) in [4.78, 5) is 5.81. The van der Waals surface area contributed by atoms with Crippen LogP contribution >= 0.6 is 11.3 Å². The van der Waals surface area contributed by atoms with Gasteiger partial charge in [0.1, 0.15) is 0 Å². The lowest BCUT2D eigenvalue weighted by Crippen LogP contribution is -2.14. The summed E-state index contributed by atoms with van der Waals surface area (Å²) in [5.41, 5.74) is 11.1. The molecule has 0 atom stereocenters. The molecule has 1 aromatic carbocycles. The second-order valence-electron chi connectivity index (χ2n) is 6.18. The maximum atomic E-state index is 5.90. The van der Waals surface area contributed by atoms with Crippen LogP contribution in [0.4, 0.5) is 5.13 Å². The molecule has 102 valence electrons. The Balaban J connectivity index is 2.38. The van der Waals surface area contributed by atoms with Gasteiger partial charge in [0.25, 0.3) is 0 Å². The summed E-state index contributed by atoms with van der Waals surface area (Å²) in [5.74, 6) is 0. The van der Waals surface area contributed by atoms with Gasteiger partial charge in [0.15, 0.2) is 5.13 Å². The molecule has 0 aliphatic rings. The molecule has 2 N–H and O–H groups in total. The van der Waals surface area contributed by atoms with E-state index >= 15 is 0 Å². The van der Waals surface area contributed by atoms with Crippen LogP contribution in [0.25, 0.3) is 0 Å². The fourth-order valence-corrected chi connectivity index (χ4v) is 3.36. The second kappa shape index (κ2) is 4.97. The summed E-state index contributed by atoms with van der Waals surface area (Å²) in [6, 6.07) is 6.62. The molecular weight excluding hydrogens is 252 g/mol. The van der Waals surface area contributed by atoms with Gasteiger partial charge in [-0.3, -0.25) is 0 Å². The fourth-order valence-electron chi connectivity index (χ4n) is 2.29. The van der Waals surface area contributed by atoms with Crippen molar-refractivity contribution < 1.29 is 0 Å². The largest absolute Gasteiger partial charge is 0.375 e. The molecule has 0 aliphatic heterocycles. The van der Waals surface area contributed by atoms with Crippen LogP contribution in [0.1, 0.15) is 48.0 Å². The van der Waals surface area contributed by atoms with Crippen molar-refractivity contribution >= 4 is 16.5 Å². The summed E-state index contributed by atoms with van der Waals surface area (Å²) in [5, 5.41) is 0.671. The summed E-state index contributed by atoms with van der Waals surface area (Å²) in [7, 11) is 0. The number of nitrogen functional groups attached to an aromatic ring is 1. The number of nitrogens with zero attached hydrogens (tertiary/aromatic N) is 1. The number of nitrogens with two attached hydrogens (primary N) is 1. The van der Waals surface area contributed by atoms with Crippen molar-refractivity contribution in [3.63, 3.8) is 0 Å². The van der Waals surface area contributed by atoms with Gasteiger partial charge in [-0.1, -0.05) is 44.5 Å². The smallest absolute Gasteiger partial charge is 0.180 e. The van der Waals surface area contributed by atoms with Crippen molar-refractivity contribution in [2.75, 3.05) is 5.73 Å². The first kappa shape index (κ1) is 14.1. The summed E-state index contributed by atoms with van der Waals surface area (Å²) < 4.78 is 0. The summed E-state index contributed by atoms with van der Waals surface area (Å²) in [6.07, 6.45) is 0.924. The fraction of sp³-hybridized carbons (Fsp3) is 0.438. The first-order valence-electron chi connectivity index (χ1n) is 6.59. The van der Waals surface area contributed by atoms with E-state index in [9.17, 15) is 0 Å². The minimum absolute atomic E-state index is 0.0437. The number of benzene rings is 1. The quantitative estimate of drug-likeness (QED) is 0.890. The van der Waals surface area contributed by atoms with Crippen LogP contribution in [0.15, 0.2) is 18.2 Å². The Morgan fingerprint density at radius 1 is 1.21 bits per heavy atom. The molecule has 0 fully saturated rings. The van der Waals surface area contributed by atoms with E-state index in [4.69, 9.17) is 5.73 Å². The Morgan fingerprint density at radius 3 is 2.47 bits per heavy atom. The van der Waals surface area contributed by atoms with E-state index in [2.05, 4.69) is 57.8 Å². The number of rotatable bonds is 2. The van der Waals surface area contributed by atoms with Crippen LogP contribution in [0.5, 0.6) is 0 Å². The molecule has 0 bridgehead atoms. The number of hydrogen-bond acceptors (Lipinski definition) is 3. The number of anilines is 1. The molecule has 0 saturated heterocycles. The first-order chi connectivity index (χ1) is 8.77. The van der Waals surface area contributed by atoms with Gasteiger partial charge in [0.2, 0.25) is 0 Å². The molecule has 0 amide bonds. The van der Waals surface area contributed by atoms with Crippen LogP contribution < -0.4 is 5.73 Å². The van der Waals surface area contributed by atoms with Crippen molar-refractivity contribution in [3.05, 3.63) is 45.5 Å². The van der Waals surface area contributed by atoms with Gasteiger partial charge in [-0.15, -0.1) is 11.3 Å². The first-order valence-corrected chi connectivity index (χ1v) is 7.41. The van der Waals surface area contributed by atoms with Crippen LogP contribution in [0.3, 0.4) is 0 Å². The Bertz CT molecular complexity index is 591. The second-order valence-corrected chi connectivity index (χ2v) is 7.30. The van der Waals surface area contributed by atoms with Crippen molar-refractivity contribution in [3.8, 4) is 0 Å². The van der Waals surface area contributed by atoms with E-state index in [1.165, 1.54) is 21.6 Å². The van der Waals surface area contributed by atoms with Crippen molar-refractivity contribution in [2.45, 2.75) is 46.5 Å². The summed E-state index contributed by atoms with van der Waals surface area (Å²) in [6.45, 7) is 10.9. The number of aryl methyl sites for hydroxylation is 2. The van der Waals surface area contributed by atoms with Gasteiger partial charge in [-0.25, -0.2) is 4.98 Å². The van der Waals surface area contributed by atoms with Crippen LogP contribution in [-0.2, 0) is 11.8 Å². The number of thiazole rings is 1. The maximum Gasteiger partial charge on any atom is 0.180 e. The van der Waals surface area contributed by atoms with Gasteiger partial charge in [-0.05, 0) is 25.0 Å². The predicted molar refractivity (Wildman–Crippen MR) is 83.9 cm³/mol. The third-order valence-corrected chi connectivity index (χ3v) is 4.16. The zero-order valence-corrected chi connectivity index (χ0v) is 13.2. The topological polar surface area (TPSA) is 38.9 Å². The van der Waals surface area contributed by atoms with Gasteiger partial charge < -0.3 is 5.73 Å². The van der Waals surface area contributed by atoms with Crippen LogP contribution in [-0.4, -0.2) is 4.98 Å². The van der Waals surface area contributed by atoms with Crippen molar-refractivity contribution in [1.82, 2.24) is 4.98 Å². The van der Waals surface area contributed by atoms with Gasteiger partial charge in [-0.2, -0.15) is 0 Å². The number of aromatic nitrogens is 1. The molecule has 3 heteroatoms. The highest BCUT2D eigenvalue weighted by molar-refractivity contribution is 7.15. The third-order valence-electron chi connectivity index (χ3n) is 3.27. The van der Waals surface area contributed by atoms with Crippen LogP contribution in [0, 0.1) is 13.8 Å². The van der Waals surface area contributed by atoms with Crippen LogP contribution in [0.2, 0.25) is 0 Å². The summed E-state index contributed by atoms with van der Waals surface area (Å²) >= 11 is 1.62. The molecule has 0 saturated carbocycles. The standard InChI is InChI=1S/C16H22N2S/c1-10-6-7-12(11(2)8-10)9-13-14(16(3,4)5)18-15(17)19-13/h6-8H,9H2,1-5H3,(H2,17,18). The molecule has 1 aromatic heterocycles.